The molecule has 0 aliphatic carbocycles. The van der Waals surface area contributed by atoms with Gasteiger partial charge in [0.05, 0.1) is 6.61 Å². The van der Waals surface area contributed by atoms with Gasteiger partial charge in [-0.1, -0.05) is 12.1 Å². The van der Waals surface area contributed by atoms with Crippen LogP contribution in [0, 0.1) is 0 Å². The summed E-state index contributed by atoms with van der Waals surface area (Å²) in [6.45, 7) is 2.43. The second kappa shape index (κ2) is 5.36. The lowest BCUT2D eigenvalue weighted by Crippen LogP contribution is -1.93. The van der Waals surface area contributed by atoms with E-state index < -0.39 is 0 Å². The van der Waals surface area contributed by atoms with Gasteiger partial charge in [-0.05, 0) is 48.4 Å². The SMILES string of the molecule is CCOc1cc(C=O)cc(-c2cccc(O)c2)c1. The summed E-state index contributed by atoms with van der Waals surface area (Å²) in [5, 5.41) is 9.47. The Labute approximate surface area is 106 Å². The minimum atomic E-state index is 0.196. The van der Waals surface area contributed by atoms with Crippen molar-refractivity contribution in [3.8, 4) is 22.6 Å². The van der Waals surface area contributed by atoms with E-state index in [0.29, 0.717) is 17.9 Å². The summed E-state index contributed by atoms with van der Waals surface area (Å²) in [6, 6.07) is 12.2. The molecule has 2 aromatic rings. The van der Waals surface area contributed by atoms with Crippen LogP contribution in [0.2, 0.25) is 0 Å². The van der Waals surface area contributed by atoms with Gasteiger partial charge >= 0.3 is 0 Å². The van der Waals surface area contributed by atoms with E-state index in [9.17, 15) is 9.90 Å². The van der Waals surface area contributed by atoms with Crippen molar-refractivity contribution in [2.24, 2.45) is 0 Å². The van der Waals surface area contributed by atoms with Crippen molar-refractivity contribution in [1.29, 1.82) is 0 Å². The minimum Gasteiger partial charge on any atom is -0.508 e. The van der Waals surface area contributed by atoms with Gasteiger partial charge in [-0.15, -0.1) is 0 Å². The molecule has 3 nitrogen and oxygen atoms in total. The molecule has 0 aliphatic heterocycles. The maximum Gasteiger partial charge on any atom is 0.150 e. The number of phenols is 1. The first kappa shape index (κ1) is 12.2. The van der Waals surface area contributed by atoms with Gasteiger partial charge in [-0.25, -0.2) is 0 Å². The van der Waals surface area contributed by atoms with Crippen LogP contribution >= 0.6 is 0 Å². The Morgan fingerprint density at radius 1 is 1.17 bits per heavy atom. The van der Waals surface area contributed by atoms with E-state index in [4.69, 9.17) is 4.74 Å². The molecule has 0 spiro atoms. The van der Waals surface area contributed by atoms with Crippen LogP contribution < -0.4 is 4.74 Å². The third-order valence-electron chi connectivity index (χ3n) is 2.56. The van der Waals surface area contributed by atoms with E-state index in [2.05, 4.69) is 0 Å². The molecule has 0 atom stereocenters. The average molecular weight is 242 g/mol. The molecular weight excluding hydrogens is 228 g/mol. The molecule has 0 saturated heterocycles. The van der Waals surface area contributed by atoms with E-state index in [-0.39, 0.29) is 5.75 Å². The van der Waals surface area contributed by atoms with E-state index in [0.717, 1.165) is 17.4 Å². The second-order valence-electron chi connectivity index (χ2n) is 3.89. The van der Waals surface area contributed by atoms with Gasteiger partial charge in [0.2, 0.25) is 0 Å². The fourth-order valence-corrected chi connectivity index (χ4v) is 1.79. The van der Waals surface area contributed by atoms with Crippen LogP contribution in [-0.2, 0) is 0 Å². The zero-order valence-electron chi connectivity index (χ0n) is 10.1. The van der Waals surface area contributed by atoms with Gasteiger partial charge in [0, 0.05) is 5.56 Å². The molecular formula is C15H14O3. The first-order valence-electron chi connectivity index (χ1n) is 5.75. The summed E-state index contributed by atoms with van der Waals surface area (Å²) in [4.78, 5) is 10.9. The van der Waals surface area contributed by atoms with Gasteiger partial charge in [-0.2, -0.15) is 0 Å². The average Bonchev–Trinajstić information content (AvgIpc) is 2.39. The molecule has 3 heteroatoms. The van der Waals surface area contributed by atoms with E-state index in [1.165, 1.54) is 0 Å². The first-order valence-corrected chi connectivity index (χ1v) is 5.75. The highest BCUT2D eigenvalue weighted by Crippen LogP contribution is 2.27. The van der Waals surface area contributed by atoms with E-state index in [1.54, 1.807) is 30.3 Å². The molecule has 0 aliphatic rings. The lowest BCUT2D eigenvalue weighted by molar-refractivity contribution is 0.112. The largest absolute Gasteiger partial charge is 0.508 e. The molecule has 0 radical (unpaired) electrons. The zero-order valence-corrected chi connectivity index (χ0v) is 10.1. The Bertz CT molecular complexity index is 561. The molecule has 18 heavy (non-hydrogen) atoms. The number of phenolic OH excluding ortho intramolecular Hbond substituents is 1. The number of benzene rings is 2. The second-order valence-corrected chi connectivity index (χ2v) is 3.89. The van der Waals surface area contributed by atoms with Crippen molar-refractivity contribution in [2.45, 2.75) is 6.92 Å². The van der Waals surface area contributed by atoms with Crippen molar-refractivity contribution < 1.29 is 14.6 Å². The van der Waals surface area contributed by atoms with Gasteiger partial charge in [0.25, 0.3) is 0 Å². The Morgan fingerprint density at radius 3 is 2.67 bits per heavy atom. The van der Waals surface area contributed by atoms with Crippen LogP contribution in [-0.4, -0.2) is 18.0 Å². The molecule has 2 rings (SSSR count). The van der Waals surface area contributed by atoms with Crippen molar-refractivity contribution in [3.05, 3.63) is 48.0 Å². The summed E-state index contributed by atoms with van der Waals surface area (Å²) >= 11 is 0. The molecule has 0 bridgehead atoms. The summed E-state index contributed by atoms with van der Waals surface area (Å²) < 4.78 is 5.42. The smallest absolute Gasteiger partial charge is 0.150 e. The van der Waals surface area contributed by atoms with Crippen molar-refractivity contribution in [2.75, 3.05) is 6.61 Å². The Hall–Kier alpha value is -2.29. The van der Waals surface area contributed by atoms with Gasteiger partial charge in [0.15, 0.2) is 0 Å². The summed E-state index contributed by atoms with van der Waals surface area (Å²) in [5.74, 6) is 0.849. The molecule has 1 N–H and O–H groups in total. The van der Waals surface area contributed by atoms with E-state index >= 15 is 0 Å². The predicted octanol–water partition coefficient (Wildman–Crippen LogP) is 3.27. The molecule has 0 heterocycles. The lowest BCUT2D eigenvalue weighted by Gasteiger charge is -2.08. The normalized spacial score (nSPS) is 10.1. The highest BCUT2D eigenvalue weighted by molar-refractivity contribution is 5.80. The third-order valence-corrected chi connectivity index (χ3v) is 2.56. The van der Waals surface area contributed by atoms with Crippen LogP contribution in [0.4, 0.5) is 0 Å². The molecule has 92 valence electrons. The van der Waals surface area contributed by atoms with Crippen LogP contribution in [0.1, 0.15) is 17.3 Å². The maximum atomic E-state index is 10.9. The quantitative estimate of drug-likeness (QED) is 0.837. The molecule has 0 unspecified atom stereocenters. The Balaban J connectivity index is 2.49. The summed E-state index contributed by atoms with van der Waals surface area (Å²) in [7, 11) is 0. The zero-order chi connectivity index (χ0) is 13.0. The van der Waals surface area contributed by atoms with Gasteiger partial charge in [-0.3, -0.25) is 4.79 Å². The van der Waals surface area contributed by atoms with Crippen LogP contribution in [0.25, 0.3) is 11.1 Å². The molecule has 0 amide bonds. The number of carbonyl (C=O) groups excluding carboxylic acids is 1. The minimum absolute atomic E-state index is 0.196. The highest BCUT2D eigenvalue weighted by Gasteiger charge is 2.04. The number of aromatic hydroxyl groups is 1. The van der Waals surface area contributed by atoms with Gasteiger partial charge in [0.1, 0.15) is 17.8 Å². The third kappa shape index (κ3) is 2.69. The topological polar surface area (TPSA) is 46.5 Å². The van der Waals surface area contributed by atoms with E-state index in [1.807, 2.05) is 19.1 Å². The van der Waals surface area contributed by atoms with Crippen LogP contribution in [0.3, 0.4) is 0 Å². The summed E-state index contributed by atoms with van der Waals surface area (Å²) in [6.07, 6.45) is 0.787. The van der Waals surface area contributed by atoms with Crippen LogP contribution in [0.15, 0.2) is 42.5 Å². The van der Waals surface area contributed by atoms with Crippen molar-refractivity contribution in [1.82, 2.24) is 0 Å². The molecule has 2 aromatic carbocycles. The Kier molecular flexibility index (Phi) is 3.63. The number of rotatable bonds is 4. The number of carbonyl (C=O) groups is 1. The predicted molar refractivity (Wildman–Crippen MR) is 70.1 cm³/mol. The molecule has 0 fully saturated rings. The van der Waals surface area contributed by atoms with Crippen molar-refractivity contribution >= 4 is 6.29 Å². The fourth-order valence-electron chi connectivity index (χ4n) is 1.79. The number of hydrogen-bond acceptors (Lipinski definition) is 3. The van der Waals surface area contributed by atoms with Crippen molar-refractivity contribution in [3.63, 3.8) is 0 Å². The number of hydrogen-bond donors (Lipinski definition) is 1. The summed E-state index contributed by atoms with van der Waals surface area (Å²) in [5.41, 5.74) is 2.25. The maximum absolute atomic E-state index is 10.9. The highest BCUT2D eigenvalue weighted by atomic mass is 16.5. The molecule has 0 saturated carbocycles. The standard InChI is InChI=1S/C15H14O3/c1-2-18-15-7-11(10-16)6-13(9-15)12-4-3-5-14(17)8-12/h3-10,17H,2H2,1H3. The number of ether oxygens (including phenoxy) is 1. The van der Waals surface area contributed by atoms with Crippen LogP contribution in [0.5, 0.6) is 11.5 Å². The first-order chi connectivity index (χ1) is 8.72. The van der Waals surface area contributed by atoms with Gasteiger partial charge < -0.3 is 9.84 Å². The lowest BCUT2D eigenvalue weighted by atomic mass is 10.0. The fraction of sp³-hybridized carbons (Fsp3) is 0.133. The Morgan fingerprint density at radius 2 is 2.00 bits per heavy atom. The monoisotopic (exact) mass is 242 g/mol. The molecule has 0 aromatic heterocycles. The number of aldehydes is 1.